The van der Waals surface area contributed by atoms with Crippen LogP contribution < -0.4 is 9.62 Å². The van der Waals surface area contributed by atoms with Crippen LogP contribution in [-0.2, 0) is 10.0 Å². The molecule has 1 aliphatic heterocycles. The van der Waals surface area contributed by atoms with Gasteiger partial charge in [0.2, 0.25) is 10.0 Å². The second-order valence-electron chi connectivity index (χ2n) is 7.04. The maximum Gasteiger partial charge on any atom is 0.243 e. The number of hydrogen-bond donors (Lipinski definition) is 2. The molecule has 2 N–H and O–H groups in total. The van der Waals surface area contributed by atoms with E-state index < -0.39 is 15.6 Å². The second-order valence-corrected chi connectivity index (χ2v) is 9.54. The zero-order chi connectivity index (χ0) is 19.7. The topological polar surface area (TPSA) is 69.6 Å². The lowest BCUT2D eigenvalue weighted by atomic mass is 9.90. The van der Waals surface area contributed by atoms with E-state index in [0.29, 0.717) is 23.1 Å². The van der Waals surface area contributed by atoms with Crippen molar-refractivity contribution in [1.29, 1.82) is 0 Å². The molecule has 0 saturated heterocycles. The van der Waals surface area contributed by atoms with Gasteiger partial charge in [-0.05, 0) is 47.0 Å². The predicted octanol–water partition coefficient (Wildman–Crippen LogP) is 4.92. The van der Waals surface area contributed by atoms with E-state index in [1.165, 1.54) is 6.07 Å². The fourth-order valence-corrected chi connectivity index (χ4v) is 5.60. The Labute approximate surface area is 169 Å². The first-order chi connectivity index (χ1) is 12.8. The summed E-state index contributed by atoms with van der Waals surface area (Å²) in [5, 5.41) is 10.1. The summed E-state index contributed by atoms with van der Waals surface area (Å²) in [6.07, 6.45) is 3.36. The smallest absolute Gasteiger partial charge is 0.243 e. The predicted molar refractivity (Wildman–Crippen MR) is 112 cm³/mol. The molecular weight excluding hydrogens is 428 g/mol. The average molecular weight is 453 g/mol. The van der Waals surface area contributed by atoms with Crippen LogP contribution in [0.15, 0.2) is 51.8 Å². The Bertz CT molecular complexity index is 918. The summed E-state index contributed by atoms with van der Waals surface area (Å²) >= 11 is 3.33. The fourth-order valence-electron chi connectivity index (χ4n) is 3.56. The Balaban J connectivity index is 2.24. The maximum absolute atomic E-state index is 13.2. The molecule has 0 radical (unpaired) electrons. The van der Waals surface area contributed by atoms with Crippen LogP contribution in [0.4, 0.5) is 11.4 Å². The van der Waals surface area contributed by atoms with Crippen LogP contribution in [0.5, 0.6) is 5.75 Å². The number of hydrogen-bond acceptors (Lipinski definition) is 4. The van der Waals surface area contributed by atoms with Gasteiger partial charge in [-0.15, -0.1) is 0 Å². The van der Waals surface area contributed by atoms with Gasteiger partial charge in [-0.1, -0.05) is 44.9 Å². The number of halogens is 1. The minimum Gasteiger partial charge on any atom is -0.507 e. The minimum atomic E-state index is -3.78. The number of para-hydroxylation sites is 1. The Morgan fingerprint density at radius 2 is 1.93 bits per heavy atom. The van der Waals surface area contributed by atoms with Gasteiger partial charge in [-0.2, -0.15) is 0 Å². The Kier molecular flexibility index (Phi) is 5.84. The molecule has 0 aromatic heterocycles. The molecule has 0 amide bonds. The largest absolute Gasteiger partial charge is 0.507 e. The van der Waals surface area contributed by atoms with Gasteiger partial charge in [0.1, 0.15) is 10.6 Å². The summed E-state index contributed by atoms with van der Waals surface area (Å²) in [6.45, 7) is 4.65. The maximum atomic E-state index is 13.2. The van der Waals surface area contributed by atoms with Gasteiger partial charge in [0.25, 0.3) is 0 Å². The first kappa shape index (κ1) is 20.2. The highest BCUT2D eigenvalue weighted by molar-refractivity contribution is 9.10. The minimum absolute atomic E-state index is 0.0929. The molecule has 2 aromatic carbocycles. The van der Waals surface area contributed by atoms with E-state index in [-0.39, 0.29) is 10.6 Å². The van der Waals surface area contributed by atoms with Crippen molar-refractivity contribution in [1.82, 2.24) is 4.72 Å². The second kappa shape index (κ2) is 7.81. The number of anilines is 2. The summed E-state index contributed by atoms with van der Waals surface area (Å²) in [7, 11) is -3.78. The molecule has 146 valence electrons. The zero-order valence-electron chi connectivity index (χ0n) is 15.6. The highest BCUT2D eigenvalue weighted by Gasteiger charge is 2.41. The molecule has 1 atom stereocenters. The van der Waals surface area contributed by atoms with Crippen LogP contribution >= 0.6 is 15.9 Å². The van der Waals surface area contributed by atoms with Crippen molar-refractivity contribution in [3.05, 3.63) is 46.9 Å². The number of phenols is 1. The van der Waals surface area contributed by atoms with Crippen molar-refractivity contribution in [3.8, 4) is 5.75 Å². The average Bonchev–Trinajstić information content (AvgIpc) is 2.75. The molecule has 0 fully saturated rings. The van der Waals surface area contributed by atoms with Gasteiger partial charge in [-0.25, -0.2) is 13.1 Å². The molecule has 27 heavy (non-hydrogen) atoms. The van der Waals surface area contributed by atoms with Gasteiger partial charge < -0.3 is 10.0 Å². The lowest BCUT2D eigenvalue weighted by Gasteiger charge is -2.36. The fraction of sp³-hybridized carbons (Fsp3) is 0.400. The number of nitrogens with one attached hydrogen (secondary N) is 1. The van der Waals surface area contributed by atoms with Gasteiger partial charge in [0.05, 0.1) is 15.7 Å². The van der Waals surface area contributed by atoms with Crippen LogP contribution in [0.1, 0.15) is 39.5 Å². The third-order valence-electron chi connectivity index (χ3n) is 5.17. The summed E-state index contributed by atoms with van der Waals surface area (Å²) < 4.78 is 29.8. The third kappa shape index (κ3) is 4.00. The van der Waals surface area contributed by atoms with E-state index in [0.717, 1.165) is 24.9 Å². The molecule has 1 heterocycles. The Hall–Kier alpha value is -1.57. The molecule has 7 heteroatoms. The molecule has 0 unspecified atom stereocenters. The number of aromatic hydroxyl groups is 1. The van der Waals surface area contributed by atoms with Crippen LogP contribution in [-0.4, -0.2) is 25.6 Å². The summed E-state index contributed by atoms with van der Waals surface area (Å²) in [6, 6.07) is 12.8. The molecule has 0 bridgehead atoms. The van der Waals surface area contributed by atoms with Gasteiger partial charge in [0, 0.05) is 18.3 Å². The first-order valence-corrected chi connectivity index (χ1v) is 11.5. The lowest BCUT2D eigenvalue weighted by Crippen LogP contribution is -2.52. The van der Waals surface area contributed by atoms with Crippen molar-refractivity contribution >= 4 is 37.3 Å². The summed E-state index contributed by atoms with van der Waals surface area (Å²) in [5.74, 6) is -0.0929. The SMILES string of the molecule is CCCC[C@@]1(CC)CN(c2ccccc2)c2cc(Br)c(O)cc2S(=O)(=O)N1. The van der Waals surface area contributed by atoms with Gasteiger partial charge >= 0.3 is 0 Å². The van der Waals surface area contributed by atoms with Gasteiger partial charge in [-0.3, -0.25) is 0 Å². The number of sulfonamides is 1. The van der Waals surface area contributed by atoms with Crippen molar-refractivity contribution < 1.29 is 13.5 Å². The summed E-state index contributed by atoms with van der Waals surface area (Å²) in [5.41, 5.74) is 0.904. The first-order valence-electron chi connectivity index (χ1n) is 9.21. The van der Waals surface area contributed by atoms with Crippen molar-refractivity contribution in [2.45, 2.75) is 50.0 Å². The Morgan fingerprint density at radius 1 is 1.22 bits per heavy atom. The van der Waals surface area contributed by atoms with E-state index in [2.05, 4.69) is 27.6 Å². The molecule has 0 saturated carbocycles. The van der Waals surface area contributed by atoms with Crippen LogP contribution in [0, 0.1) is 0 Å². The van der Waals surface area contributed by atoms with Crippen molar-refractivity contribution in [2.75, 3.05) is 11.4 Å². The van der Waals surface area contributed by atoms with Gasteiger partial charge in [0.15, 0.2) is 0 Å². The number of phenolic OH excluding ortho intramolecular Hbond substituents is 1. The standard InChI is InChI=1S/C20H25BrN2O3S/c1-3-5-11-20(4-2)14-23(15-9-7-6-8-10-15)17-12-16(21)18(24)13-19(17)27(25,26)22-20/h6-10,12-13,22,24H,3-5,11,14H2,1-2H3/t20-/m0/s1. The third-order valence-corrected chi connectivity index (χ3v) is 7.42. The highest BCUT2D eigenvalue weighted by Crippen LogP contribution is 2.42. The lowest BCUT2D eigenvalue weighted by molar-refractivity contribution is 0.341. The quantitative estimate of drug-likeness (QED) is 0.674. The van der Waals surface area contributed by atoms with Crippen LogP contribution in [0.25, 0.3) is 0 Å². The van der Waals surface area contributed by atoms with E-state index in [1.54, 1.807) is 6.07 Å². The zero-order valence-corrected chi connectivity index (χ0v) is 18.0. The van der Waals surface area contributed by atoms with Crippen LogP contribution in [0.3, 0.4) is 0 Å². The van der Waals surface area contributed by atoms with E-state index in [1.807, 2.05) is 42.2 Å². The molecule has 1 aliphatic rings. The molecule has 3 rings (SSSR count). The van der Waals surface area contributed by atoms with E-state index in [4.69, 9.17) is 0 Å². The van der Waals surface area contributed by atoms with E-state index >= 15 is 0 Å². The van der Waals surface area contributed by atoms with E-state index in [9.17, 15) is 13.5 Å². The molecule has 5 nitrogen and oxygen atoms in total. The number of benzene rings is 2. The molecule has 0 aliphatic carbocycles. The molecular formula is C20H25BrN2O3S. The highest BCUT2D eigenvalue weighted by atomic mass is 79.9. The molecule has 0 spiro atoms. The number of fused-ring (bicyclic) bond motifs is 1. The number of nitrogens with zero attached hydrogens (tertiary/aromatic N) is 1. The summed E-state index contributed by atoms with van der Waals surface area (Å²) in [4.78, 5) is 2.13. The number of unbranched alkanes of at least 4 members (excludes halogenated alkanes) is 1. The van der Waals surface area contributed by atoms with Crippen molar-refractivity contribution in [2.24, 2.45) is 0 Å². The molecule has 2 aromatic rings. The Morgan fingerprint density at radius 3 is 2.56 bits per heavy atom. The normalized spacial score (nSPS) is 21.5. The van der Waals surface area contributed by atoms with Crippen molar-refractivity contribution in [3.63, 3.8) is 0 Å². The number of rotatable bonds is 5. The monoisotopic (exact) mass is 452 g/mol. The van der Waals surface area contributed by atoms with Crippen LogP contribution in [0.2, 0.25) is 0 Å².